The van der Waals surface area contributed by atoms with E-state index >= 15 is 0 Å². The summed E-state index contributed by atoms with van der Waals surface area (Å²) in [5.41, 5.74) is 6.42. The van der Waals surface area contributed by atoms with Gasteiger partial charge in [-0.3, -0.25) is 24.4 Å². The van der Waals surface area contributed by atoms with Gasteiger partial charge in [0.05, 0.1) is 12.6 Å². The molecule has 2 aliphatic heterocycles. The Kier molecular flexibility index (Phi) is 7.18. The van der Waals surface area contributed by atoms with Crippen LogP contribution in [0.5, 0.6) is 0 Å². The number of hydrogen-bond acceptors (Lipinski definition) is 5. The van der Waals surface area contributed by atoms with Gasteiger partial charge in [0, 0.05) is 24.9 Å². The first-order valence-electron chi connectivity index (χ1n) is 10.1. The minimum atomic E-state index is -0.307. The minimum Gasteiger partial charge on any atom is -0.369 e. The second-order valence-electron chi connectivity index (χ2n) is 7.66. The average molecular weight is 374 g/mol. The molecule has 27 heavy (non-hydrogen) atoms. The lowest BCUT2D eigenvalue weighted by Crippen LogP contribution is -2.45. The van der Waals surface area contributed by atoms with Gasteiger partial charge in [0.2, 0.25) is 11.8 Å². The standard InChI is InChI=1S/C20H31N5O2/c21-19(26)15-24-11-6-16(7-12-24)20(27)23-14-18(17-5-4-8-22-13-17)25-9-2-1-3-10-25/h4-5,8,13,16,18H,1-3,6-7,9-12,14-15H2,(H2,21,26)(H,23,27)/t18-/m1/s1. The smallest absolute Gasteiger partial charge is 0.231 e. The first-order valence-corrected chi connectivity index (χ1v) is 10.1. The summed E-state index contributed by atoms with van der Waals surface area (Å²) in [6, 6.07) is 4.24. The average Bonchev–Trinajstić information content (AvgIpc) is 2.70. The molecule has 3 N–H and O–H groups in total. The van der Waals surface area contributed by atoms with Crippen molar-refractivity contribution in [3.05, 3.63) is 30.1 Å². The highest BCUT2D eigenvalue weighted by molar-refractivity contribution is 5.79. The van der Waals surface area contributed by atoms with E-state index in [0.717, 1.165) is 44.6 Å². The van der Waals surface area contributed by atoms with Crippen LogP contribution in [-0.2, 0) is 9.59 Å². The molecule has 0 aromatic carbocycles. The summed E-state index contributed by atoms with van der Waals surface area (Å²) in [5, 5.41) is 3.19. The maximum absolute atomic E-state index is 12.7. The zero-order valence-electron chi connectivity index (χ0n) is 16.0. The molecule has 2 saturated heterocycles. The van der Waals surface area contributed by atoms with Crippen LogP contribution >= 0.6 is 0 Å². The molecule has 0 spiro atoms. The Morgan fingerprint density at radius 1 is 1.19 bits per heavy atom. The molecule has 0 saturated carbocycles. The predicted molar refractivity (Wildman–Crippen MR) is 104 cm³/mol. The summed E-state index contributed by atoms with van der Waals surface area (Å²) in [7, 11) is 0. The summed E-state index contributed by atoms with van der Waals surface area (Å²) in [6.07, 6.45) is 8.96. The van der Waals surface area contributed by atoms with E-state index in [1.165, 1.54) is 19.3 Å². The lowest BCUT2D eigenvalue weighted by atomic mass is 9.95. The van der Waals surface area contributed by atoms with Crippen LogP contribution in [0.3, 0.4) is 0 Å². The number of likely N-dealkylation sites (tertiary alicyclic amines) is 2. The van der Waals surface area contributed by atoms with E-state index in [1.807, 2.05) is 17.2 Å². The Morgan fingerprint density at radius 2 is 1.93 bits per heavy atom. The van der Waals surface area contributed by atoms with E-state index in [9.17, 15) is 9.59 Å². The fourth-order valence-electron chi connectivity index (χ4n) is 4.18. The Balaban J connectivity index is 1.54. The number of carbonyl (C=O) groups excluding carboxylic acids is 2. The lowest BCUT2D eigenvalue weighted by molar-refractivity contribution is -0.126. The Morgan fingerprint density at radius 3 is 2.56 bits per heavy atom. The number of hydrogen-bond donors (Lipinski definition) is 2. The van der Waals surface area contributed by atoms with Crippen molar-refractivity contribution in [2.45, 2.75) is 38.1 Å². The summed E-state index contributed by atoms with van der Waals surface area (Å²) in [6.45, 7) is 4.54. The number of nitrogens with zero attached hydrogens (tertiary/aromatic N) is 3. The number of piperidine rings is 2. The molecule has 3 rings (SSSR count). The van der Waals surface area contributed by atoms with E-state index in [1.54, 1.807) is 6.20 Å². The molecule has 7 heteroatoms. The Bertz CT molecular complexity index is 610. The maximum atomic E-state index is 12.7. The van der Waals surface area contributed by atoms with E-state index in [-0.39, 0.29) is 30.3 Å². The quantitative estimate of drug-likeness (QED) is 0.742. The molecule has 1 aromatic heterocycles. The predicted octanol–water partition coefficient (Wildman–Crippen LogP) is 0.922. The molecule has 2 aliphatic rings. The van der Waals surface area contributed by atoms with Crippen molar-refractivity contribution in [3.63, 3.8) is 0 Å². The van der Waals surface area contributed by atoms with E-state index in [0.29, 0.717) is 6.54 Å². The normalized spacial score (nSPS) is 20.9. The van der Waals surface area contributed by atoms with Crippen LogP contribution in [0, 0.1) is 5.92 Å². The van der Waals surface area contributed by atoms with Gasteiger partial charge in [-0.1, -0.05) is 12.5 Å². The van der Waals surface area contributed by atoms with Gasteiger partial charge in [-0.25, -0.2) is 0 Å². The van der Waals surface area contributed by atoms with Gasteiger partial charge < -0.3 is 11.1 Å². The van der Waals surface area contributed by atoms with Gasteiger partial charge in [0.25, 0.3) is 0 Å². The second-order valence-corrected chi connectivity index (χ2v) is 7.66. The number of amides is 2. The maximum Gasteiger partial charge on any atom is 0.231 e. The highest BCUT2D eigenvalue weighted by Gasteiger charge is 2.27. The molecule has 2 amide bonds. The molecular formula is C20H31N5O2. The van der Waals surface area contributed by atoms with Gasteiger partial charge >= 0.3 is 0 Å². The van der Waals surface area contributed by atoms with Crippen LogP contribution in [0.2, 0.25) is 0 Å². The third-order valence-electron chi connectivity index (χ3n) is 5.71. The number of aromatic nitrogens is 1. The van der Waals surface area contributed by atoms with Gasteiger partial charge in [0.1, 0.15) is 0 Å². The van der Waals surface area contributed by atoms with Crippen molar-refractivity contribution < 1.29 is 9.59 Å². The highest BCUT2D eigenvalue weighted by atomic mass is 16.2. The zero-order valence-corrected chi connectivity index (χ0v) is 16.0. The molecule has 148 valence electrons. The third kappa shape index (κ3) is 5.74. The van der Waals surface area contributed by atoms with E-state index < -0.39 is 0 Å². The molecule has 0 aliphatic carbocycles. The van der Waals surface area contributed by atoms with Gasteiger partial charge in [-0.2, -0.15) is 0 Å². The Labute approximate surface area is 161 Å². The summed E-state index contributed by atoms with van der Waals surface area (Å²) in [4.78, 5) is 32.5. The van der Waals surface area contributed by atoms with Crippen LogP contribution in [0.1, 0.15) is 43.7 Å². The van der Waals surface area contributed by atoms with Crippen molar-refractivity contribution in [1.29, 1.82) is 0 Å². The summed E-state index contributed by atoms with van der Waals surface area (Å²) < 4.78 is 0. The van der Waals surface area contributed by atoms with Gasteiger partial charge in [-0.05, 0) is 63.5 Å². The van der Waals surface area contributed by atoms with Crippen molar-refractivity contribution in [1.82, 2.24) is 20.1 Å². The topological polar surface area (TPSA) is 91.6 Å². The van der Waals surface area contributed by atoms with E-state index in [2.05, 4.69) is 21.3 Å². The first-order chi connectivity index (χ1) is 13.1. The molecule has 1 aromatic rings. The second kappa shape index (κ2) is 9.80. The molecular weight excluding hydrogens is 342 g/mol. The SMILES string of the molecule is NC(=O)CN1CCC(C(=O)NC[C@H](c2cccnc2)N2CCCCC2)CC1. The van der Waals surface area contributed by atoms with Crippen LogP contribution in [0.25, 0.3) is 0 Å². The van der Waals surface area contributed by atoms with Crippen LogP contribution in [0.4, 0.5) is 0 Å². The summed E-state index contributed by atoms with van der Waals surface area (Å²) in [5.74, 6) is -0.164. The van der Waals surface area contributed by atoms with Gasteiger partial charge in [-0.15, -0.1) is 0 Å². The molecule has 2 fully saturated rings. The molecule has 7 nitrogen and oxygen atoms in total. The monoisotopic (exact) mass is 373 g/mol. The van der Waals surface area contributed by atoms with Crippen LogP contribution in [-0.4, -0.2) is 65.9 Å². The summed E-state index contributed by atoms with van der Waals surface area (Å²) >= 11 is 0. The van der Waals surface area contributed by atoms with Crippen molar-refractivity contribution in [2.24, 2.45) is 11.7 Å². The van der Waals surface area contributed by atoms with Crippen molar-refractivity contribution in [3.8, 4) is 0 Å². The fraction of sp³-hybridized carbons (Fsp3) is 0.650. The molecule has 0 unspecified atom stereocenters. The highest BCUT2D eigenvalue weighted by Crippen LogP contribution is 2.24. The number of nitrogens with one attached hydrogen (secondary N) is 1. The molecule has 3 heterocycles. The Hall–Kier alpha value is -1.99. The molecule has 0 bridgehead atoms. The third-order valence-corrected chi connectivity index (χ3v) is 5.71. The zero-order chi connectivity index (χ0) is 19.1. The number of rotatable bonds is 7. The number of primary amides is 1. The van der Waals surface area contributed by atoms with Crippen LogP contribution < -0.4 is 11.1 Å². The van der Waals surface area contributed by atoms with E-state index in [4.69, 9.17) is 5.73 Å². The number of nitrogens with two attached hydrogens (primary N) is 1. The van der Waals surface area contributed by atoms with Crippen molar-refractivity contribution >= 4 is 11.8 Å². The first kappa shape index (κ1) is 19.8. The number of pyridine rings is 1. The fourth-order valence-corrected chi connectivity index (χ4v) is 4.18. The molecule has 0 radical (unpaired) electrons. The molecule has 1 atom stereocenters. The van der Waals surface area contributed by atoms with Gasteiger partial charge in [0.15, 0.2) is 0 Å². The van der Waals surface area contributed by atoms with Crippen molar-refractivity contribution in [2.75, 3.05) is 39.3 Å². The minimum absolute atomic E-state index is 0.0185. The lowest BCUT2D eigenvalue weighted by Gasteiger charge is -2.35. The van der Waals surface area contributed by atoms with Crippen LogP contribution in [0.15, 0.2) is 24.5 Å². The largest absolute Gasteiger partial charge is 0.369 e. The number of carbonyl (C=O) groups is 2.